The minimum atomic E-state index is -0.0337. The van der Waals surface area contributed by atoms with E-state index in [0.29, 0.717) is 12.2 Å². The van der Waals surface area contributed by atoms with Crippen LogP contribution in [0.5, 0.6) is 0 Å². The highest BCUT2D eigenvalue weighted by atomic mass is 16.5. The molecule has 0 N–H and O–H groups in total. The molecule has 1 aromatic rings. The average Bonchev–Trinajstić information content (AvgIpc) is 2.88. The quantitative estimate of drug-likeness (QED) is 0.837. The summed E-state index contributed by atoms with van der Waals surface area (Å²) in [5.74, 6) is -0.0337. The van der Waals surface area contributed by atoms with Gasteiger partial charge in [-0.2, -0.15) is 5.10 Å². The third kappa shape index (κ3) is 3.56. The smallest absolute Gasteiger partial charge is 0.274 e. The van der Waals surface area contributed by atoms with Gasteiger partial charge in [0.1, 0.15) is 5.69 Å². The lowest BCUT2D eigenvalue weighted by Gasteiger charge is -2.27. The zero-order valence-corrected chi connectivity index (χ0v) is 12.0. The van der Waals surface area contributed by atoms with Crippen LogP contribution in [0.2, 0.25) is 0 Å². The fourth-order valence-electron chi connectivity index (χ4n) is 2.28. The molecule has 2 rings (SSSR count). The molecule has 0 bridgehead atoms. The molecule has 19 heavy (non-hydrogen) atoms. The summed E-state index contributed by atoms with van der Waals surface area (Å²) in [5, 5.41) is 4.31. The molecule has 1 unspecified atom stereocenters. The lowest BCUT2D eigenvalue weighted by atomic mass is 10.1. The second kappa shape index (κ2) is 6.19. The Hall–Kier alpha value is -1.36. The van der Waals surface area contributed by atoms with Gasteiger partial charge in [-0.05, 0) is 39.2 Å². The highest BCUT2D eigenvalue weighted by Crippen LogP contribution is 2.14. The molecule has 0 aliphatic carbocycles. The predicted octanol–water partition coefficient (Wildman–Crippen LogP) is 2.11. The third-order valence-electron chi connectivity index (χ3n) is 3.45. The molecule has 0 aromatic carbocycles. The van der Waals surface area contributed by atoms with Crippen molar-refractivity contribution >= 4 is 5.91 Å². The van der Waals surface area contributed by atoms with E-state index in [1.165, 1.54) is 6.42 Å². The minimum absolute atomic E-state index is 0.0337. The first-order chi connectivity index (χ1) is 9.08. The lowest BCUT2D eigenvalue weighted by molar-refractivity contribution is -0.000307. The highest BCUT2D eigenvalue weighted by molar-refractivity contribution is 5.92. The van der Waals surface area contributed by atoms with Gasteiger partial charge in [-0.15, -0.1) is 0 Å². The molecule has 1 atom stereocenters. The van der Waals surface area contributed by atoms with Crippen LogP contribution >= 0.6 is 0 Å². The maximum absolute atomic E-state index is 12.2. The minimum Gasteiger partial charge on any atom is -0.376 e. The van der Waals surface area contributed by atoms with Gasteiger partial charge in [0.2, 0.25) is 0 Å². The standard InChI is InChI=1S/C14H23N3O2/c1-11(2)17-8-7-13(15-17)14(18)16(3)10-12-6-4-5-9-19-12/h7-8,11-12H,4-6,9-10H2,1-3H3. The number of nitrogens with zero attached hydrogens (tertiary/aromatic N) is 3. The number of likely N-dealkylation sites (N-methyl/N-ethyl adjacent to an activating group) is 1. The van der Waals surface area contributed by atoms with Crippen LogP contribution in [-0.2, 0) is 4.74 Å². The predicted molar refractivity (Wildman–Crippen MR) is 73.2 cm³/mol. The normalized spacial score (nSPS) is 19.7. The van der Waals surface area contributed by atoms with Crippen molar-refractivity contribution in [2.24, 2.45) is 0 Å². The largest absolute Gasteiger partial charge is 0.376 e. The number of hydrogen-bond acceptors (Lipinski definition) is 3. The number of carbonyl (C=O) groups is 1. The molecule has 1 aromatic heterocycles. The van der Waals surface area contributed by atoms with Crippen LogP contribution in [0.3, 0.4) is 0 Å². The second-order valence-electron chi connectivity index (χ2n) is 5.45. The molecule has 0 spiro atoms. The van der Waals surface area contributed by atoms with E-state index in [2.05, 4.69) is 5.10 Å². The molecule has 1 aliphatic rings. The van der Waals surface area contributed by atoms with Crippen molar-refractivity contribution < 1.29 is 9.53 Å². The topological polar surface area (TPSA) is 47.4 Å². The number of ether oxygens (including phenoxy) is 1. The van der Waals surface area contributed by atoms with Gasteiger partial charge in [0.15, 0.2) is 0 Å². The molecule has 1 aliphatic heterocycles. The Balaban J connectivity index is 1.93. The van der Waals surface area contributed by atoms with Gasteiger partial charge in [0.05, 0.1) is 6.10 Å². The zero-order valence-electron chi connectivity index (χ0n) is 12.0. The molecular formula is C14H23N3O2. The van der Waals surface area contributed by atoms with Gasteiger partial charge in [-0.3, -0.25) is 9.48 Å². The summed E-state index contributed by atoms with van der Waals surface area (Å²) in [7, 11) is 1.81. The van der Waals surface area contributed by atoms with Crippen LogP contribution in [0.25, 0.3) is 0 Å². The number of carbonyl (C=O) groups excluding carboxylic acids is 1. The van der Waals surface area contributed by atoms with Crippen molar-refractivity contribution in [1.82, 2.24) is 14.7 Å². The first-order valence-electron chi connectivity index (χ1n) is 7.00. The molecule has 5 heteroatoms. The summed E-state index contributed by atoms with van der Waals surface area (Å²) in [6.07, 6.45) is 5.39. The van der Waals surface area contributed by atoms with Gasteiger partial charge >= 0.3 is 0 Å². The van der Waals surface area contributed by atoms with Crippen molar-refractivity contribution in [3.05, 3.63) is 18.0 Å². The van der Waals surface area contributed by atoms with Crippen LogP contribution < -0.4 is 0 Å². The fraction of sp³-hybridized carbons (Fsp3) is 0.714. The summed E-state index contributed by atoms with van der Waals surface area (Å²) in [6, 6.07) is 2.05. The molecular weight excluding hydrogens is 242 g/mol. The second-order valence-corrected chi connectivity index (χ2v) is 5.45. The fourth-order valence-corrected chi connectivity index (χ4v) is 2.28. The number of amides is 1. The molecule has 1 fully saturated rings. The van der Waals surface area contributed by atoms with Crippen LogP contribution in [0, 0.1) is 0 Å². The average molecular weight is 265 g/mol. The highest BCUT2D eigenvalue weighted by Gasteiger charge is 2.21. The Bertz CT molecular complexity index is 422. The van der Waals surface area contributed by atoms with Gasteiger partial charge in [-0.1, -0.05) is 0 Å². The van der Waals surface area contributed by atoms with Crippen LogP contribution in [0.4, 0.5) is 0 Å². The third-order valence-corrected chi connectivity index (χ3v) is 3.45. The van der Waals surface area contributed by atoms with E-state index in [9.17, 15) is 4.79 Å². The van der Waals surface area contributed by atoms with Gasteiger partial charge in [-0.25, -0.2) is 0 Å². The van der Waals surface area contributed by atoms with E-state index >= 15 is 0 Å². The summed E-state index contributed by atoms with van der Waals surface area (Å²) in [4.78, 5) is 14.0. The van der Waals surface area contributed by atoms with Crippen molar-refractivity contribution in [2.75, 3.05) is 20.2 Å². The summed E-state index contributed by atoms with van der Waals surface area (Å²) in [5.41, 5.74) is 0.506. The van der Waals surface area contributed by atoms with Crippen molar-refractivity contribution in [3.8, 4) is 0 Å². The monoisotopic (exact) mass is 265 g/mol. The first kappa shape index (κ1) is 14.1. The molecule has 1 amide bonds. The first-order valence-corrected chi connectivity index (χ1v) is 7.00. The summed E-state index contributed by atoms with van der Waals surface area (Å²) < 4.78 is 7.46. The van der Waals surface area contributed by atoms with E-state index < -0.39 is 0 Å². The SMILES string of the molecule is CC(C)n1ccc(C(=O)N(C)CC2CCCCO2)n1. The Morgan fingerprint density at radius 1 is 1.58 bits per heavy atom. The number of hydrogen-bond donors (Lipinski definition) is 0. The van der Waals surface area contributed by atoms with Gasteiger partial charge in [0.25, 0.3) is 5.91 Å². The van der Waals surface area contributed by atoms with Crippen molar-refractivity contribution in [3.63, 3.8) is 0 Å². The molecule has 0 radical (unpaired) electrons. The molecule has 1 saturated heterocycles. The Labute approximate surface area is 114 Å². The van der Waals surface area contributed by atoms with E-state index in [1.807, 2.05) is 27.1 Å². The summed E-state index contributed by atoms with van der Waals surface area (Å²) in [6.45, 7) is 5.55. The number of rotatable bonds is 4. The zero-order chi connectivity index (χ0) is 13.8. The van der Waals surface area contributed by atoms with Crippen molar-refractivity contribution in [1.29, 1.82) is 0 Å². The number of aromatic nitrogens is 2. The Morgan fingerprint density at radius 2 is 2.37 bits per heavy atom. The van der Waals surface area contributed by atoms with Crippen LogP contribution in [0.1, 0.15) is 49.6 Å². The van der Waals surface area contributed by atoms with Crippen LogP contribution in [-0.4, -0.2) is 46.9 Å². The molecule has 0 saturated carbocycles. The van der Waals surface area contributed by atoms with E-state index in [1.54, 1.807) is 15.6 Å². The molecule has 5 nitrogen and oxygen atoms in total. The van der Waals surface area contributed by atoms with E-state index in [4.69, 9.17) is 4.74 Å². The van der Waals surface area contributed by atoms with E-state index in [0.717, 1.165) is 19.4 Å². The lowest BCUT2D eigenvalue weighted by Crippen LogP contribution is -2.37. The molecule has 106 valence electrons. The van der Waals surface area contributed by atoms with Crippen molar-refractivity contribution in [2.45, 2.75) is 45.3 Å². The maximum atomic E-state index is 12.2. The van der Waals surface area contributed by atoms with E-state index in [-0.39, 0.29) is 18.1 Å². The van der Waals surface area contributed by atoms with Crippen LogP contribution in [0.15, 0.2) is 12.3 Å². The van der Waals surface area contributed by atoms with Gasteiger partial charge < -0.3 is 9.64 Å². The Morgan fingerprint density at radius 3 is 2.95 bits per heavy atom. The van der Waals surface area contributed by atoms with Gasteiger partial charge in [0, 0.05) is 32.4 Å². The maximum Gasteiger partial charge on any atom is 0.274 e. The molecule has 2 heterocycles. The Kier molecular flexibility index (Phi) is 4.58. The summed E-state index contributed by atoms with van der Waals surface area (Å²) >= 11 is 0.